The predicted octanol–water partition coefficient (Wildman–Crippen LogP) is 0.258. The van der Waals surface area contributed by atoms with Gasteiger partial charge in [0.1, 0.15) is 0 Å². The molecule has 0 aromatic rings. The minimum atomic E-state index is 0.0983. The number of rotatable bonds is 2. The molecule has 0 saturated carbocycles. The summed E-state index contributed by atoms with van der Waals surface area (Å²) >= 11 is 0. The van der Waals surface area contributed by atoms with E-state index in [0.29, 0.717) is 18.4 Å². The summed E-state index contributed by atoms with van der Waals surface area (Å²) < 4.78 is 0. The Morgan fingerprint density at radius 1 is 1.58 bits per heavy atom. The molecule has 1 saturated heterocycles. The Kier molecular flexibility index (Phi) is 3.23. The summed E-state index contributed by atoms with van der Waals surface area (Å²) in [6.45, 7) is 5.78. The van der Waals surface area contributed by atoms with Crippen LogP contribution in [0.4, 0.5) is 0 Å². The maximum absolute atomic E-state index is 11.4. The van der Waals surface area contributed by atoms with E-state index in [9.17, 15) is 4.79 Å². The minimum Gasteiger partial charge on any atom is -0.305 e. The molecule has 0 spiro atoms. The number of carbonyl (C=O) groups excluding carboxylic acids is 1. The second-order valence-electron chi connectivity index (χ2n) is 3.87. The van der Waals surface area contributed by atoms with Gasteiger partial charge in [-0.2, -0.15) is 0 Å². The van der Waals surface area contributed by atoms with E-state index >= 15 is 0 Å². The lowest BCUT2D eigenvalue weighted by molar-refractivity contribution is -0.124. The van der Waals surface area contributed by atoms with Crippen LogP contribution in [-0.2, 0) is 4.79 Å². The molecule has 12 heavy (non-hydrogen) atoms. The van der Waals surface area contributed by atoms with E-state index < -0.39 is 0 Å². The lowest BCUT2D eigenvalue weighted by atomic mass is 10.0. The van der Waals surface area contributed by atoms with Crippen molar-refractivity contribution in [2.75, 3.05) is 20.1 Å². The number of likely N-dealkylation sites (tertiary alicyclic amines) is 1. The molecule has 1 rings (SSSR count). The van der Waals surface area contributed by atoms with E-state index in [0.717, 1.165) is 13.0 Å². The molecule has 3 nitrogen and oxygen atoms in total. The molecule has 1 heterocycles. The smallest absolute Gasteiger partial charge is 0.163 e. The average molecular weight is 170 g/mol. The molecule has 0 aliphatic carbocycles. The van der Waals surface area contributed by atoms with Crippen LogP contribution >= 0.6 is 0 Å². The molecule has 1 N–H and O–H groups in total. The van der Waals surface area contributed by atoms with Gasteiger partial charge < -0.3 is 5.32 Å². The van der Waals surface area contributed by atoms with Crippen molar-refractivity contribution in [3.63, 3.8) is 0 Å². The molecule has 1 fully saturated rings. The highest BCUT2D eigenvalue weighted by molar-refractivity contribution is 5.86. The summed E-state index contributed by atoms with van der Waals surface area (Å²) in [4.78, 5) is 13.5. The number of ketones is 1. The molecule has 0 aromatic carbocycles. The number of hydrogen-bond donors (Lipinski definition) is 1. The van der Waals surface area contributed by atoms with Gasteiger partial charge in [0.2, 0.25) is 0 Å². The van der Waals surface area contributed by atoms with Crippen molar-refractivity contribution in [3.05, 3.63) is 0 Å². The van der Waals surface area contributed by atoms with Gasteiger partial charge in [-0.1, -0.05) is 13.8 Å². The number of nitrogens with zero attached hydrogens (tertiary/aromatic N) is 1. The zero-order chi connectivity index (χ0) is 9.14. The number of carbonyl (C=O) groups is 1. The maximum atomic E-state index is 11.4. The van der Waals surface area contributed by atoms with E-state index in [1.165, 1.54) is 0 Å². The maximum Gasteiger partial charge on any atom is 0.163 e. The van der Waals surface area contributed by atoms with E-state index in [2.05, 4.69) is 24.1 Å². The first-order valence-electron chi connectivity index (χ1n) is 4.57. The molecule has 1 aliphatic heterocycles. The summed E-state index contributed by atoms with van der Waals surface area (Å²) in [6, 6.07) is 0.503. The highest BCUT2D eigenvalue weighted by atomic mass is 16.1. The molecule has 0 radical (unpaired) electrons. The second kappa shape index (κ2) is 4.01. The average Bonchev–Trinajstić information content (AvgIpc) is 1.94. The molecule has 70 valence electrons. The lowest BCUT2D eigenvalue weighted by Gasteiger charge is -2.29. The van der Waals surface area contributed by atoms with Crippen molar-refractivity contribution in [1.29, 1.82) is 0 Å². The Hall–Kier alpha value is -0.410. The fourth-order valence-electron chi connectivity index (χ4n) is 1.54. The summed E-state index contributed by atoms with van der Waals surface area (Å²) in [5.74, 6) is 0.331. The van der Waals surface area contributed by atoms with Crippen LogP contribution < -0.4 is 5.32 Å². The normalized spacial score (nSPS) is 26.7. The molecule has 1 aliphatic rings. The van der Waals surface area contributed by atoms with E-state index in [4.69, 9.17) is 0 Å². The predicted molar refractivity (Wildman–Crippen MR) is 49.2 cm³/mol. The Morgan fingerprint density at radius 2 is 2.25 bits per heavy atom. The number of likely N-dealkylation sites (N-methyl/N-ethyl adjacent to an activating group) is 1. The third-order valence-corrected chi connectivity index (χ3v) is 2.15. The first kappa shape index (κ1) is 9.68. The quantitative estimate of drug-likeness (QED) is 0.645. The third-order valence-electron chi connectivity index (χ3n) is 2.15. The summed E-state index contributed by atoms with van der Waals surface area (Å²) in [7, 11) is 1.99. The zero-order valence-corrected chi connectivity index (χ0v) is 8.13. The molecule has 1 atom stereocenters. The number of piperidine rings is 1. The second-order valence-corrected chi connectivity index (χ2v) is 3.87. The number of nitrogens with one attached hydrogen (secondary N) is 1. The number of Topliss-reactive ketones (excluding diaryl/α,β-unsaturated/α-hetero) is 1. The first-order valence-corrected chi connectivity index (χ1v) is 4.57. The Labute approximate surface area is 74.1 Å². The van der Waals surface area contributed by atoms with Crippen LogP contribution in [0.15, 0.2) is 0 Å². The highest BCUT2D eigenvalue weighted by Gasteiger charge is 2.24. The van der Waals surface area contributed by atoms with Gasteiger partial charge in [-0.05, 0) is 13.5 Å². The van der Waals surface area contributed by atoms with Crippen LogP contribution in [0.3, 0.4) is 0 Å². The fraction of sp³-hybridized carbons (Fsp3) is 0.889. The third kappa shape index (κ3) is 2.57. The van der Waals surface area contributed by atoms with E-state index in [1.807, 2.05) is 7.05 Å². The summed E-state index contributed by atoms with van der Waals surface area (Å²) in [6.07, 6.45) is 0.952. The molecule has 0 aromatic heterocycles. The van der Waals surface area contributed by atoms with E-state index in [1.54, 1.807) is 0 Å². The van der Waals surface area contributed by atoms with Gasteiger partial charge in [0.05, 0.1) is 12.6 Å². The van der Waals surface area contributed by atoms with Crippen molar-refractivity contribution in [3.8, 4) is 0 Å². The van der Waals surface area contributed by atoms with Crippen molar-refractivity contribution < 1.29 is 4.79 Å². The van der Waals surface area contributed by atoms with E-state index in [-0.39, 0.29) is 6.04 Å². The van der Waals surface area contributed by atoms with Crippen LogP contribution in [0, 0.1) is 0 Å². The van der Waals surface area contributed by atoms with Crippen molar-refractivity contribution in [2.45, 2.75) is 32.4 Å². The molecular formula is C9H18N2O. The monoisotopic (exact) mass is 170 g/mol. The van der Waals surface area contributed by atoms with Crippen LogP contribution in [0.5, 0.6) is 0 Å². The Bertz CT molecular complexity index is 168. The van der Waals surface area contributed by atoms with Crippen molar-refractivity contribution >= 4 is 5.78 Å². The van der Waals surface area contributed by atoms with Gasteiger partial charge in [-0.3, -0.25) is 9.69 Å². The fourth-order valence-corrected chi connectivity index (χ4v) is 1.54. The highest BCUT2D eigenvalue weighted by Crippen LogP contribution is 2.05. The first-order chi connectivity index (χ1) is 5.59. The molecule has 1 unspecified atom stereocenters. The van der Waals surface area contributed by atoms with Gasteiger partial charge in [-0.25, -0.2) is 0 Å². The van der Waals surface area contributed by atoms with Gasteiger partial charge >= 0.3 is 0 Å². The Balaban J connectivity index is 2.40. The molecular weight excluding hydrogens is 152 g/mol. The van der Waals surface area contributed by atoms with Gasteiger partial charge in [0, 0.05) is 12.6 Å². The molecule has 0 amide bonds. The van der Waals surface area contributed by atoms with Crippen molar-refractivity contribution in [1.82, 2.24) is 10.2 Å². The lowest BCUT2D eigenvalue weighted by Crippen LogP contribution is -2.50. The Morgan fingerprint density at radius 3 is 2.75 bits per heavy atom. The summed E-state index contributed by atoms with van der Waals surface area (Å²) in [5, 5.41) is 3.28. The van der Waals surface area contributed by atoms with Crippen LogP contribution in [0.25, 0.3) is 0 Å². The molecule has 0 bridgehead atoms. The van der Waals surface area contributed by atoms with Gasteiger partial charge in [-0.15, -0.1) is 0 Å². The minimum absolute atomic E-state index is 0.0983. The zero-order valence-electron chi connectivity index (χ0n) is 8.13. The topological polar surface area (TPSA) is 32.3 Å². The van der Waals surface area contributed by atoms with Crippen LogP contribution in [-0.4, -0.2) is 42.9 Å². The standard InChI is InChI=1S/C9H18N2O/c1-7(2)10-8-4-5-11(3)6-9(8)12/h7-8,10H,4-6H2,1-3H3. The SMILES string of the molecule is CC(C)NC1CCN(C)CC1=O. The van der Waals surface area contributed by atoms with Crippen LogP contribution in [0.2, 0.25) is 0 Å². The summed E-state index contributed by atoms with van der Waals surface area (Å²) in [5.41, 5.74) is 0. The van der Waals surface area contributed by atoms with Gasteiger partial charge in [0.25, 0.3) is 0 Å². The largest absolute Gasteiger partial charge is 0.305 e. The van der Waals surface area contributed by atoms with Crippen LogP contribution in [0.1, 0.15) is 20.3 Å². The van der Waals surface area contributed by atoms with Crippen molar-refractivity contribution in [2.24, 2.45) is 0 Å². The molecule has 3 heteroatoms. The number of hydrogen-bond acceptors (Lipinski definition) is 3. The van der Waals surface area contributed by atoms with Gasteiger partial charge in [0.15, 0.2) is 5.78 Å².